The van der Waals surface area contributed by atoms with Gasteiger partial charge in [-0.25, -0.2) is 0 Å². The van der Waals surface area contributed by atoms with Gasteiger partial charge in [-0.2, -0.15) is 0 Å². The zero-order chi connectivity index (χ0) is 55.8. The van der Waals surface area contributed by atoms with Crippen molar-refractivity contribution in [1.82, 2.24) is 4.90 Å². The smallest absolute Gasteiger partial charge is 0.306 e. The number of hydrogen-bond donors (Lipinski definition) is 0. The maximum absolute atomic E-state index is 14.0. The molecule has 440 valence electrons. The Morgan fingerprint density at radius 2 is 1.34 bits per heavy atom. The number of allylic oxidation sites excluding steroid dienone is 4. The lowest BCUT2D eigenvalue weighted by Crippen LogP contribution is -2.50. The van der Waals surface area contributed by atoms with E-state index < -0.39 is 6.10 Å². The summed E-state index contributed by atoms with van der Waals surface area (Å²) in [5, 5.41) is 0. The van der Waals surface area contributed by atoms with E-state index in [1.165, 1.54) is 56.9 Å². The van der Waals surface area contributed by atoms with Crippen molar-refractivity contribution in [3.8, 4) is 0 Å². The molecule has 0 amide bonds. The lowest BCUT2D eigenvalue weighted by Gasteiger charge is -2.58. The number of hydrogen-bond acceptors (Lipinski definition) is 11. The highest BCUT2D eigenvalue weighted by atomic mass is 16.6. The third-order valence-corrected chi connectivity index (χ3v) is 19.7. The monoisotopic (exact) mass is 1080 g/mol. The number of esters is 5. The highest BCUT2D eigenvalue weighted by molar-refractivity contribution is 5.71. The Balaban J connectivity index is 1.24. The van der Waals surface area contributed by atoms with E-state index in [2.05, 4.69) is 71.6 Å². The van der Waals surface area contributed by atoms with Crippen LogP contribution >= 0.6 is 0 Å². The summed E-state index contributed by atoms with van der Waals surface area (Å²) in [4.78, 5) is 68.1. The van der Waals surface area contributed by atoms with Crippen LogP contribution in [0.25, 0.3) is 0 Å². The summed E-state index contributed by atoms with van der Waals surface area (Å²) in [5.74, 6) is 2.56. The second-order valence-electron chi connectivity index (χ2n) is 26.1. The topological polar surface area (TPSA) is 135 Å². The second kappa shape index (κ2) is 33.5. The maximum Gasteiger partial charge on any atom is 0.306 e. The first-order chi connectivity index (χ1) is 37.0. The van der Waals surface area contributed by atoms with E-state index in [9.17, 15) is 24.0 Å². The number of carbonyl (C=O) groups excluding carboxylic acids is 5. The van der Waals surface area contributed by atoms with Gasteiger partial charge in [-0.1, -0.05) is 124 Å². The lowest BCUT2D eigenvalue weighted by atomic mass is 9.46. The molecule has 5 rings (SSSR count). The molecule has 11 atom stereocenters. The third-order valence-electron chi connectivity index (χ3n) is 19.7. The fourth-order valence-electron chi connectivity index (χ4n) is 15.0. The maximum atomic E-state index is 14.0. The van der Waals surface area contributed by atoms with Crippen LogP contribution in [0.3, 0.4) is 0 Å². The van der Waals surface area contributed by atoms with E-state index in [0.29, 0.717) is 49.9 Å². The summed E-state index contributed by atoms with van der Waals surface area (Å²) in [6.07, 6.45) is 33.9. The normalized spacial score (nSPS) is 28.2. The van der Waals surface area contributed by atoms with Gasteiger partial charge in [-0.05, 0) is 183 Å². The molecular weight excluding hydrogens is 967 g/mol. The van der Waals surface area contributed by atoms with Gasteiger partial charge in [0.15, 0.2) is 0 Å². The molecule has 5 aliphatic carbocycles. The lowest BCUT2D eigenvalue weighted by molar-refractivity contribution is -0.164. The SMILES string of the molecule is CC/C=C\CC1C(CC(=O)OCC(OC(=O)CCCCC(COC(=O)CCCCC)COC(=O)CCCCC)C2CC[C@@]3(C)C(=CC[C@H]4C5CCC(CCCCC(C)C)[C@@]5(C)CCC43)C2)CCC1OC(=O)CCCN(C)C. The molecule has 4 saturated carbocycles. The quantitative estimate of drug-likeness (QED) is 0.0257. The van der Waals surface area contributed by atoms with Crippen LogP contribution in [0, 0.1) is 64.1 Å². The molecule has 0 bridgehead atoms. The van der Waals surface area contributed by atoms with Crippen LogP contribution in [0.15, 0.2) is 23.8 Å². The molecule has 11 heteroatoms. The van der Waals surface area contributed by atoms with Gasteiger partial charge >= 0.3 is 29.8 Å². The summed E-state index contributed by atoms with van der Waals surface area (Å²) in [6.45, 7) is 17.4. The molecule has 8 unspecified atom stereocenters. The standard InChI is InChI=1S/C66H111NO10/c1-10-13-16-27-54-50(32-37-58(54)76-63(71)31-23-42-67(8)9)44-64(72)75-47-59(77-62(70)30-22-20-25-49(45-73-60(68)28-17-14-11-2)46-74-61(69)29-18-15-12-3)51-38-40-66(7)53(43-51)33-35-55-56-36-34-52(26-21-19-24-48(4)5)65(56,6)41-39-57(55)66/h13,16,33,48-52,54-59H,10-12,14-15,17-32,34-47H2,1-9H3/b16-13-/t50?,51?,52?,54?,55-,56?,57?,58?,59?,65+,66-/m0/s1. The molecule has 0 saturated heterocycles. The summed E-state index contributed by atoms with van der Waals surface area (Å²) >= 11 is 0. The summed E-state index contributed by atoms with van der Waals surface area (Å²) < 4.78 is 30.1. The first kappa shape index (κ1) is 64.6. The van der Waals surface area contributed by atoms with Gasteiger partial charge in [0.2, 0.25) is 0 Å². The third kappa shape index (κ3) is 20.4. The number of nitrogens with zero attached hydrogens (tertiary/aromatic N) is 1. The molecule has 4 fully saturated rings. The van der Waals surface area contributed by atoms with Crippen molar-refractivity contribution in [2.75, 3.05) is 40.5 Å². The van der Waals surface area contributed by atoms with E-state index in [0.717, 1.165) is 127 Å². The van der Waals surface area contributed by atoms with Crippen molar-refractivity contribution in [3.05, 3.63) is 23.8 Å². The molecule has 0 N–H and O–H groups in total. The van der Waals surface area contributed by atoms with Gasteiger partial charge in [0.25, 0.3) is 0 Å². The first-order valence-corrected chi connectivity index (χ1v) is 31.9. The molecule has 0 heterocycles. The van der Waals surface area contributed by atoms with Crippen molar-refractivity contribution in [1.29, 1.82) is 0 Å². The van der Waals surface area contributed by atoms with Crippen LogP contribution in [0.1, 0.15) is 248 Å². The van der Waals surface area contributed by atoms with E-state index in [1.807, 2.05) is 14.1 Å². The average molecular weight is 1080 g/mol. The highest BCUT2D eigenvalue weighted by Gasteiger charge is 2.58. The van der Waals surface area contributed by atoms with Crippen molar-refractivity contribution in [3.63, 3.8) is 0 Å². The molecule has 0 spiro atoms. The van der Waals surface area contributed by atoms with Gasteiger partial charge in [-0.15, -0.1) is 0 Å². The molecule has 5 aliphatic rings. The van der Waals surface area contributed by atoms with Gasteiger partial charge < -0.3 is 28.6 Å². The minimum Gasteiger partial charge on any atom is -0.465 e. The largest absolute Gasteiger partial charge is 0.465 e. The minimum atomic E-state index is -0.565. The van der Waals surface area contributed by atoms with Gasteiger partial charge in [0, 0.05) is 49.9 Å². The Labute approximate surface area is 468 Å². The molecule has 11 nitrogen and oxygen atoms in total. The fraction of sp³-hybridized carbons (Fsp3) is 0.864. The van der Waals surface area contributed by atoms with Crippen LogP contribution in [0.2, 0.25) is 0 Å². The Hall–Kier alpha value is -3.21. The van der Waals surface area contributed by atoms with Crippen molar-refractivity contribution in [2.24, 2.45) is 64.1 Å². The number of carbonyl (C=O) groups is 5. The number of ether oxygens (including phenoxy) is 5. The molecule has 0 aromatic rings. The van der Waals surface area contributed by atoms with Crippen LogP contribution in [0.5, 0.6) is 0 Å². The Bertz CT molecular complexity index is 1830. The van der Waals surface area contributed by atoms with E-state index in [4.69, 9.17) is 23.7 Å². The van der Waals surface area contributed by atoms with Crippen LogP contribution < -0.4 is 0 Å². The number of rotatable bonds is 36. The van der Waals surface area contributed by atoms with Crippen LogP contribution in [-0.4, -0.2) is 87.4 Å². The van der Waals surface area contributed by atoms with E-state index in [-0.39, 0.29) is 97.7 Å². The van der Waals surface area contributed by atoms with E-state index in [1.54, 1.807) is 0 Å². The van der Waals surface area contributed by atoms with Gasteiger partial charge in [0.1, 0.15) is 18.8 Å². The van der Waals surface area contributed by atoms with Crippen molar-refractivity contribution >= 4 is 29.8 Å². The van der Waals surface area contributed by atoms with E-state index >= 15 is 0 Å². The molecule has 0 aromatic carbocycles. The first-order valence-electron chi connectivity index (χ1n) is 31.9. The predicted molar refractivity (Wildman–Crippen MR) is 308 cm³/mol. The Morgan fingerprint density at radius 3 is 2.01 bits per heavy atom. The van der Waals surface area contributed by atoms with Crippen LogP contribution in [0.4, 0.5) is 0 Å². The van der Waals surface area contributed by atoms with Gasteiger partial charge in [0.05, 0.1) is 13.2 Å². The fourth-order valence-corrected chi connectivity index (χ4v) is 15.0. The second-order valence-corrected chi connectivity index (χ2v) is 26.1. The Morgan fingerprint density at radius 1 is 0.675 bits per heavy atom. The van der Waals surface area contributed by atoms with Crippen LogP contribution in [-0.2, 0) is 47.7 Å². The van der Waals surface area contributed by atoms with Gasteiger partial charge in [-0.3, -0.25) is 24.0 Å². The molecule has 0 radical (unpaired) electrons. The minimum absolute atomic E-state index is 0.0238. The average Bonchev–Trinajstić information content (AvgIpc) is 4.09. The summed E-state index contributed by atoms with van der Waals surface area (Å²) in [7, 11) is 4.01. The van der Waals surface area contributed by atoms with Crippen molar-refractivity contribution < 1.29 is 47.7 Å². The molecular formula is C66H111NO10. The number of unbranched alkanes of at least 4 members (excludes halogenated alkanes) is 6. The highest BCUT2D eigenvalue weighted by Crippen LogP contribution is 2.67. The van der Waals surface area contributed by atoms with Crippen molar-refractivity contribution in [2.45, 2.75) is 260 Å². The zero-order valence-electron chi connectivity index (χ0n) is 50.4. The number of fused-ring (bicyclic) bond motifs is 5. The molecule has 0 aliphatic heterocycles. The summed E-state index contributed by atoms with van der Waals surface area (Å²) in [6, 6.07) is 0. The molecule has 0 aromatic heterocycles. The summed E-state index contributed by atoms with van der Waals surface area (Å²) in [5.41, 5.74) is 2.10. The predicted octanol–water partition coefficient (Wildman–Crippen LogP) is 15.3. The zero-order valence-corrected chi connectivity index (χ0v) is 50.4. The molecule has 77 heavy (non-hydrogen) atoms. The Kier molecular flexibility index (Phi) is 28.1.